The number of para-hydroxylation sites is 1. The van der Waals surface area contributed by atoms with Gasteiger partial charge in [0.15, 0.2) is 0 Å². The molecule has 0 aliphatic carbocycles. The molecule has 2 aromatic carbocycles. The second kappa shape index (κ2) is 5.95. The summed E-state index contributed by atoms with van der Waals surface area (Å²) in [7, 11) is 0. The molecule has 0 aliphatic rings. The number of hydrogen-bond acceptors (Lipinski definition) is 3. The van der Waals surface area contributed by atoms with Crippen LogP contribution in [-0.2, 0) is 6.42 Å². The van der Waals surface area contributed by atoms with Crippen molar-refractivity contribution < 1.29 is 9.31 Å². The molecule has 0 unspecified atom stereocenters. The van der Waals surface area contributed by atoms with Gasteiger partial charge < -0.3 is 5.32 Å². The first-order valence-corrected chi connectivity index (χ1v) is 5.88. The summed E-state index contributed by atoms with van der Waals surface area (Å²) < 4.78 is 12.7. The number of anilines is 1. The molecule has 0 saturated heterocycles. The maximum absolute atomic E-state index is 12.7. The van der Waals surface area contributed by atoms with Crippen LogP contribution in [0, 0.1) is 15.9 Å². The molecular weight excluding hydrogens is 247 g/mol. The van der Waals surface area contributed by atoms with Gasteiger partial charge in [0.1, 0.15) is 5.82 Å². The fourth-order valence-corrected chi connectivity index (χ4v) is 1.81. The van der Waals surface area contributed by atoms with Crippen LogP contribution in [0.2, 0.25) is 0 Å². The van der Waals surface area contributed by atoms with Crippen LogP contribution in [0.15, 0.2) is 48.5 Å². The van der Waals surface area contributed by atoms with Crippen molar-refractivity contribution in [2.45, 2.75) is 6.42 Å². The van der Waals surface area contributed by atoms with Crippen LogP contribution >= 0.6 is 0 Å². The molecule has 0 aromatic heterocycles. The SMILES string of the molecule is O=[N+]([O-])c1ccccc1CCNc1ccc(F)cc1. The van der Waals surface area contributed by atoms with E-state index in [1.807, 2.05) is 0 Å². The minimum absolute atomic E-state index is 0.128. The molecule has 98 valence electrons. The lowest BCUT2D eigenvalue weighted by molar-refractivity contribution is -0.385. The Bertz CT molecular complexity index is 570. The second-order valence-electron chi connectivity index (χ2n) is 4.07. The van der Waals surface area contributed by atoms with Gasteiger partial charge in [-0.1, -0.05) is 18.2 Å². The van der Waals surface area contributed by atoms with Gasteiger partial charge in [0.25, 0.3) is 5.69 Å². The molecule has 0 heterocycles. The third-order valence-electron chi connectivity index (χ3n) is 2.76. The molecular formula is C14H13FN2O2. The average molecular weight is 260 g/mol. The smallest absolute Gasteiger partial charge is 0.272 e. The van der Waals surface area contributed by atoms with Gasteiger partial charge in [0.05, 0.1) is 4.92 Å². The molecule has 0 aliphatic heterocycles. The van der Waals surface area contributed by atoms with Crippen LogP contribution in [0.5, 0.6) is 0 Å². The first kappa shape index (κ1) is 13.0. The first-order chi connectivity index (χ1) is 9.16. The predicted octanol–water partition coefficient (Wildman–Crippen LogP) is 3.39. The van der Waals surface area contributed by atoms with Crippen LogP contribution in [0.25, 0.3) is 0 Å². The quantitative estimate of drug-likeness (QED) is 0.662. The average Bonchev–Trinajstić information content (AvgIpc) is 2.41. The summed E-state index contributed by atoms with van der Waals surface area (Å²) in [6, 6.07) is 12.7. The number of rotatable bonds is 5. The van der Waals surface area contributed by atoms with E-state index in [9.17, 15) is 14.5 Å². The fourth-order valence-electron chi connectivity index (χ4n) is 1.81. The van der Waals surface area contributed by atoms with Crippen molar-refractivity contribution in [1.82, 2.24) is 0 Å². The van der Waals surface area contributed by atoms with Gasteiger partial charge in [0.2, 0.25) is 0 Å². The Morgan fingerprint density at radius 1 is 1.11 bits per heavy atom. The molecule has 0 spiro atoms. The van der Waals surface area contributed by atoms with E-state index in [1.165, 1.54) is 18.2 Å². The van der Waals surface area contributed by atoms with Gasteiger partial charge in [-0.15, -0.1) is 0 Å². The number of nitrogens with one attached hydrogen (secondary N) is 1. The zero-order valence-electron chi connectivity index (χ0n) is 10.2. The van der Waals surface area contributed by atoms with Gasteiger partial charge in [0, 0.05) is 23.9 Å². The van der Waals surface area contributed by atoms with E-state index >= 15 is 0 Å². The standard InChI is InChI=1S/C14H13FN2O2/c15-12-5-7-13(8-6-12)16-10-9-11-3-1-2-4-14(11)17(18)19/h1-8,16H,9-10H2. The molecule has 0 bridgehead atoms. The summed E-state index contributed by atoms with van der Waals surface area (Å²) in [6.07, 6.45) is 0.536. The Morgan fingerprint density at radius 3 is 2.47 bits per heavy atom. The van der Waals surface area contributed by atoms with Gasteiger partial charge in [-0.3, -0.25) is 10.1 Å². The minimum atomic E-state index is -0.382. The van der Waals surface area contributed by atoms with Gasteiger partial charge in [-0.2, -0.15) is 0 Å². The van der Waals surface area contributed by atoms with Crippen molar-refractivity contribution in [2.24, 2.45) is 0 Å². The van der Waals surface area contributed by atoms with E-state index in [2.05, 4.69) is 5.32 Å². The predicted molar refractivity (Wildman–Crippen MR) is 71.7 cm³/mol. The monoisotopic (exact) mass is 260 g/mol. The highest BCUT2D eigenvalue weighted by atomic mass is 19.1. The van der Waals surface area contributed by atoms with Gasteiger partial charge >= 0.3 is 0 Å². The lowest BCUT2D eigenvalue weighted by atomic mass is 10.1. The number of nitrogens with zero attached hydrogens (tertiary/aromatic N) is 1. The molecule has 0 amide bonds. The molecule has 2 rings (SSSR count). The topological polar surface area (TPSA) is 55.2 Å². The zero-order chi connectivity index (χ0) is 13.7. The molecule has 0 radical (unpaired) electrons. The summed E-state index contributed by atoms with van der Waals surface area (Å²) in [4.78, 5) is 10.5. The Hall–Kier alpha value is -2.43. The third kappa shape index (κ3) is 3.51. The van der Waals surface area contributed by atoms with Crippen molar-refractivity contribution in [3.63, 3.8) is 0 Å². The Kier molecular flexibility index (Phi) is 4.07. The summed E-state index contributed by atoms with van der Waals surface area (Å²) >= 11 is 0. The number of benzene rings is 2. The number of nitro benzene ring substituents is 1. The Balaban J connectivity index is 1.96. The van der Waals surface area contributed by atoms with Crippen molar-refractivity contribution >= 4 is 11.4 Å². The summed E-state index contributed by atoms with van der Waals surface area (Å²) in [5, 5.41) is 13.9. The second-order valence-corrected chi connectivity index (χ2v) is 4.07. The lowest BCUT2D eigenvalue weighted by Crippen LogP contribution is -2.06. The Labute approximate surface area is 110 Å². The number of halogens is 1. The molecule has 19 heavy (non-hydrogen) atoms. The highest BCUT2D eigenvalue weighted by Gasteiger charge is 2.11. The Morgan fingerprint density at radius 2 is 1.79 bits per heavy atom. The van der Waals surface area contributed by atoms with E-state index in [0.29, 0.717) is 18.5 Å². The molecule has 1 N–H and O–H groups in total. The maximum atomic E-state index is 12.7. The first-order valence-electron chi connectivity index (χ1n) is 5.88. The molecule has 5 heteroatoms. The van der Waals surface area contributed by atoms with E-state index in [-0.39, 0.29) is 16.4 Å². The van der Waals surface area contributed by atoms with Crippen LogP contribution < -0.4 is 5.32 Å². The largest absolute Gasteiger partial charge is 0.385 e. The normalized spacial score (nSPS) is 10.2. The highest BCUT2D eigenvalue weighted by Crippen LogP contribution is 2.18. The van der Waals surface area contributed by atoms with Gasteiger partial charge in [-0.05, 0) is 30.7 Å². The highest BCUT2D eigenvalue weighted by molar-refractivity contribution is 5.44. The summed E-state index contributed by atoms with van der Waals surface area (Å²) in [5.74, 6) is -0.288. The van der Waals surface area contributed by atoms with Gasteiger partial charge in [-0.25, -0.2) is 4.39 Å². The molecule has 0 atom stereocenters. The fraction of sp³-hybridized carbons (Fsp3) is 0.143. The lowest BCUT2D eigenvalue weighted by Gasteiger charge is -2.06. The van der Waals surface area contributed by atoms with Crippen LogP contribution in [-0.4, -0.2) is 11.5 Å². The molecule has 2 aromatic rings. The van der Waals surface area contributed by atoms with Crippen LogP contribution in [0.4, 0.5) is 15.8 Å². The number of hydrogen-bond donors (Lipinski definition) is 1. The van der Waals surface area contributed by atoms with E-state index in [0.717, 1.165) is 5.69 Å². The third-order valence-corrected chi connectivity index (χ3v) is 2.76. The van der Waals surface area contributed by atoms with Crippen molar-refractivity contribution in [3.05, 3.63) is 70.0 Å². The maximum Gasteiger partial charge on any atom is 0.272 e. The molecule has 4 nitrogen and oxygen atoms in total. The van der Waals surface area contributed by atoms with Crippen molar-refractivity contribution in [3.8, 4) is 0 Å². The van der Waals surface area contributed by atoms with Crippen LogP contribution in [0.3, 0.4) is 0 Å². The minimum Gasteiger partial charge on any atom is -0.385 e. The van der Waals surface area contributed by atoms with Crippen molar-refractivity contribution in [2.75, 3.05) is 11.9 Å². The van der Waals surface area contributed by atoms with E-state index in [4.69, 9.17) is 0 Å². The van der Waals surface area contributed by atoms with E-state index in [1.54, 1.807) is 30.3 Å². The van der Waals surface area contributed by atoms with Crippen molar-refractivity contribution in [1.29, 1.82) is 0 Å². The summed E-state index contributed by atoms with van der Waals surface area (Å²) in [6.45, 7) is 0.552. The summed E-state index contributed by atoms with van der Waals surface area (Å²) in [5.41, 5.74) is 1.60. The zero-order valence-corrected chi connectivity index (χ0v) is 10.2. The molecule has 0 fully saturated rings. The molecule has 0 saturated carbocycles. The van der Waals surface area contributed by atoms with Crippen LogP contribution in [0.1, 0.15) is 5.56 Å². The van der Waals surface area contributed by atoms with E-state index < -0.39 is 0 Å². The number of nitro groups is 1.